The summed E-state index contributed by atoms with van der Waals surface area (Å²) in [7, 11) is 1.85. The van der Waals surface area contributed by atoms with Gasteiger partial charge in [-0.3, -0.25) is 4.98 Å². The molecule has 2 aromatic heterocycles. The lowest BCUT2D eigenvalue weighted by molar-refractivity contribution is 0.559. The van der Waals surface area contributed by atoms with Crippen LogP contribution >= 0.6 is 0 Å². The smallest absolute Gasteiger partial charge is 0.319 e. The van der Waals surface area contributed by atoms with Crippen LogP contribution in [0, 0.1) is 0 Å². The van der Waals surface area contributed by atoms with Gasteiger partial charge in [0.2, 0.25) is 0 Å². The van der Waals surface area contributed by atoms with Gasteiger partial charge in [-0.1, -0.05) is 16.3 Å². The first-order valence-corrected chi connectivity index (χ1v) is 4.45. The fraction of sp³-hybridized carbons (Fsp3) is 0.222. The van der Waals surface area contributed by atoms with Gasteiger partial charge in [0.25, 0.3) is 0 Å². The third kappa shape index (κ3) is 2.22. The van der Waals surface area contributed by atoms with Crippen LogP contribution in [-0.4, -0.2) is 22.2 Å². The number of nitrogens with two attached hydrogens (primary N) is 1. The summed E-state index contributed by atoms with van der Waals surface area (Å²) in [6.45, 7) is 0.648. The SMILES string of the molecule is CN(Cc1cccnc1)c1nnc(N)o1. The Kier molecular flexibility index (Phi) is 2.49. The van der Waals surface area contributed by atoms with E-state index in [0.29, 0.717) is 12.6 Å². The largest absolute Gasteiger partial charge is 0.390 e. The van der Waals surface area contributed by atoms with Crippen molar-refractivity contribution in [1.82, 2.24) is 15.2 Å². The molecule has 0 aliphatic heterocycles. The zero-order valence-corrected chi connectivity index (χ0v) is 8.29. The molecule has 2 aromatic rings. The van der Waals surface area contributed by atoms with Crippen molar-refractivity contribution < 1.29 is 4.42 Å². The molecule has 0 aliphatic rings. The van der Waals surface area contributed by atoms with Crippen molar-refractivity contribution in [3.05, 3.63) is 30.1 Å². The van der Waals surface area contributed by atoms with Crippen LogP contribution < -0.4 is 10.6 Å². The molecule has 78 valence electrons. The van der Waals surface area contributed by atoms with Gasteiger partial charge >= 0.3 is 12.0 Å². The van der Waals surface area contributed by atoms with Crippen LogP contribution in [0.3, 0.4) is 0 Å². The quantitative estimate of drug-likeness (QED) is 0.793. The van der Waals surface area contributed by atoms with E-state index in [1.807, 2.05) is 19.2 Å². The number of hydrogen-bond donors (Lipinski definition) is 1. The maximum Gasteiger partial charge on any atom is 0.319 e. The predicted molar refractivity (Wildman–Crippen MR) is 55.1 cm³/mol. The van der Waals surface area contributed by atoms with Crippen LogP contribution in [0.1, 0.15) is 5.56 Å². The van der Waals surface area contributed by atoms with Crippen LogP contribution in [0.25, 0.3) is 0 Å². The fourth-order valence-electron chi connectivity index (χ4n) is 1.21. The van der Waals surface area contributed by atoms with Crippen molar-refractivity contribution in [1.29, 1.82) is 0 Å². The Morgan fingerprint density at radius 2 is 2.33 bits per heavy atom. The lowest BCUT2D eigenvalue weighted by Crippen LogP contribution is -2.16. The third-order valence-electron chi connectivity index (χ3n) is 1.90. The first kappa shape index (κ1) is 9.45. The molecule has 0 fully saturated rings. The van der Waals surface area contributed by atoms with Gasteiger partial charge in [0.15, 0.2) is 0 Å². The zero-order chi connectivity index (χ0) is 10.7. The molecule has 0 radical (unpaired) electrons. The van der Waals surface area contributed by atoms with Crippen LogP contribution in [0.15, 0.2) is 28.9 Å². The molecule has 0 saturated heterocycles. The Hall–Kier alpha value is -2.11. The third-order valence-corrected chi connectivity index (χ3v) is 1.90. The van der Waals surface area contributed by atoms with Crippen molar-refractivity contribution >= 4 is 12.0 Å². The Bertz CT molecular complexity index is 427. The molecule has 0 spiro atoms. The highest BCUT2D eigenvalue weighted by Gasteiger charge is 2.08. The van der Waals surface area contributed by atoms with Crippen LogP contribution in [-0.2, 0) is 6.54 Å². The molecule has 2 rings (SSSR count). The van der Waals surface area contributed by atoms with Gasteiger partial charge in [0.1, 0.15) is 0 Å². The summed E-state index contributed by atoms with van der Waals surface area (Å²) >= 11 is 0. The molecule has 0 aromatic carbocycles. The van der Waals surface area contributed by atoms with Gasteiger partial charge in [0, 0.05) is 26.0 Å². The molecule has 2 N–H and O–H groups in total. The van der Waals surface area contributed by atoms with E-state index >= 15 is 0 Å². The van der Waals surface area contributed by atoms with E-state index in [1.54, 1.807) is 17.3 Å². The van der Waals surface area contributed by atoms with Gasteiger partial charge in [-0.05, 0) is 11.6 Å². The van der Waals surface area contributed by atoms with Crippen LogP contribution in [0.4, 0.5) is 12.0 Å². The highest BCUT2D eigenvalue weighted by Crippen LogP contribution is 2.13. The zero-order valence-electron chi connectivity index (χ0n) is 8.29. The number of anilines is 2. The number of hydrogen-bond acceptors (Lipinski definition) is 6. The van der Waals surface area contributed by atoms with E-state index in [0.717, 1.165) is 5.56 Å². The van der Waals surface area contributed by atoms with E-state index < -0.39 is 0 Å². The standard InChI is InChI=1S/C9H11N5O/c1-14(9-13-12-8(10)15-9)6-7-3-2-4-11-5-7/h2-5H,6H2,1H3,(H2,10,12). The maximum atomic E-state index is 5.33. The van der Waals surface area contributed by atoms with Gasteiger partial charge in [-0.15, -0.1) is 0 Å². The molecule has 0 atom stereocenters. The number of rotatable bonds is 3. The molecule has 0 amide bonds. The maximum absolute atomic E-state index is 5.33. The van der Waals surface area contributed by atoms with E-state index in [2.05, 4.69) is 15.2 Å². The van der Waals surface area contributed by atoms with Gasteiger partial charge < -0.3 is 15.1 Å². The summed E-state index contributed by atoms with van der Waals surface area (Å²) in [5, 5.41) is 7.36. The molecule has 6 heteroatoms. The topological polar surface area (TPSA) is 81.1 Å². The first-order chi connectivity index (χ1) is 7.25. The molecule has 0 unspecified atom stereocenters. The van der Waals surface area contributed by atoms with Gasteiger partial charge in [-0.2, -0.15) is 0 Å². The minimum Gasteiger partial charge on any atom is -0.390 e. The summed E-state index contributed by atoms with van der Waals surface area (Å²) in [4.78, 5) is 5.82. The van der Waals surface area contributed by atoms with E-state index in [1.165, 1.54) is 0 Å². The lowest BCUT2D eigenvalue weighted by atomic mass is 10.3. The van der Waals surface area contributed by atoms with E-state index in [-0.39, 0.29) is 6.01 Å². The molecule has 0 aliphatic carbocycles. The number of aromatic nitrogens is 3. The minimum absolute atomic E-state index is 0.0723. The first-order valence-electron chi connectivity index (χ1n) is 4.45. The monoisotopic (exact) mass is 205 g/mol. The fourth-order valence-corrected chi connectivity index (χ4v) is 1.21. The van der Waals surface area contributed by atoms with Crippen LogP contribution in [0.5, 0.6) is 0 Å². The van der Waals surface area contributed by atoms with Crippen molar-refractivity contribution in [2.24, 2.45) is 0 Å². The molecule has 6 nitrogen and oxygen atoms in total. The normalized spacial score (nSPS) is 10.2. The van der Waals surface area contributed by atoms with Crippen molar-refractivity contribution in [2.75, 3.05) is 17.7 Å². The molecule has 0 bridgehead atoms. The Morgan fingerprint density at radius 3 is 2.93 bits per heavy atom. The summed E-state index contributed by atoms with van der Waals surface area (Å²) in [6, 6.07) is 4.33. The highest BCUT2D eigenvalue weighted by atomic mass is 16.4. The van der Waals surface area contributed by atoms with E-state index in [9.17, 15) is 0 Å². The highest BCUT2D eigenvalue weighted by molar-refractivity contribution is 5.28. The Balaban J connectivity index is 2.07. The Morgan fingerprint density at radius 1 is 1.47 bits per heavy atom. The Labute approximate surface area is 86.7 Å². The number of nitrogens with zero attached hydrogens (tertiary/aromatic N) is 4. The van der Waals surface area contributed by atoms with Gasteiger partial charge in [0.05, 0.1) is 0 Å². The minimum atomic E-state index is 0.0723. The predicted octanol–water partition coefficient (Wildman–Crippen LogP) is 0.683. The molecule has 0 saturated carbocycles. The van der Waals surface area contributed by atoms with Crippen LogP contribution in [0.2, 0.25) is 0 Å². The van der Waals surface area contributed by atoms with Crippen molar-refractivity contribution in [3.63, 3.8) is 0 Å². The number of pyridine rings is 1. The number of nitrogen functional groups attached to an aromatic ring is 1. The molecule has 15 heavy (non-hydrogen) atoms. The summed E-state index contributed by atoms with van der Waals surface area (Å²) in [5.41, 5.74) is 6.40. The van der Waals surface area contributed by atoms with Crippen molar-refractivity contribution in [2.45, 2.75) is 6.54 Å². The molecule has 2 heterocycles. The molecular weight excluding hydrogens is 194 g/mol. The molecular formula is C9H11N5O. The van der Waals surface area contributed by atoms with Crippen molar-refractivity contribution in [3.8, 4) is 0 Å². The summed E-state index contributed by atoms with van der Waals surface area (Å²) < 4.78 is 5.08. The lowest BCUT2D eigenvalue weighted by Gasteiger charge is -2.12. The average Bonchev–Trinajstić information content (AvgIpc) is 2.66. The summed E-state index contributed by atoms with van der Waals surface area (Å²) in [6.07, 6.45) is 3.52. The second kappa shape index (κ2) is 3.95. The second-order valence-corrected chi connectivity index (χ2v) is 3.14. The summed E-state index contributed by atoms with van der Waals surface area (Å²) in [5.74, 6) is 0. The average molecular weight is 205 g/mol. The van der Waals surface area contributed by atoms with Gasteiger partial charge in [-0.25, -0.2) is 0 Å². The second-order valence-electron chi connectivity index (χ2n) is 3.14. The van der Waals surface area contributed by atoms with E-state index in [4.69, 9.17) is 10.2 Å².